The quantitative estimate of drug-likeness (QED) is 0.626. The molecule has 0 saturated carbocycles. The highest BCUT2D eigenvalue weighted by atomic mass is 16.6. The lowest BCUT2D eigenvalue weighted by atomic mass is 10.2. The molecular weight excluding hydrogens is 292 g/mol. The number of ether oxygens (including phenoxy) is 1. The maximum Gasteiger partial charge on any atom is 0.311 e. The van der Waals surface area contributed by atoms with E-state index in [1.807, 2.05) is 0 Å². The van der Waals surface area contributed by atoms with Gasteiger partial charge in [-0.25, -0.2) is 0 Å². The Kier molecular flexibility index (Phi) is 3.94. The molecule has 0 aliphatic carbocycles. The monoisotopic (exact) mass is 300 g/mol. The van der Waals surface area contributed by atoms with Gasteiger partial charge in [0.1, 0.15) is 6.07 Å². The highest BCUT2D eigenvalue weighted by molar-refractivity contribution is 5.51. The Labute approximate surface area is 123 Å². The van der Waals surface area contributed by atoms with Crippen LogP contribution in [0.1, 0.15) is 11.3 Å². The van der Waals surface area contributed by atoms with Crippen molar-refractivity contribution < 1.29 is 14.6 Å². The van der Waals surface area contributed by atoms with Gasteiger partial charge in [-0.05, 0) is 18.6 Å². The van der Waals surface area contributed by atoms with Crippen LogP contribution in [0, 0.1) is 38.5 Å². The summed E-state index contributed by atoms with van der Waals surface area (Å²) in [5, 5.41) is 30.5. The fourth-order valence-corrected chi connectivity index (χ4v) is 1.69. The second kappa shape index (κ2) is 5.84. The molecule has 0 amide bonds. The molecule has 9 nitrogen and oxygen atoms in total. The second-order valence-corrected chi connectivity index (χ2v) is 4.22. The number of benzene rings is 1. The molecule has 0 atom stereocenters. The summed E-state index contributed by atoms with van der Waals surface area (Å²) < 4.78 is 5.30. The van der Waals surface area contributed by atoms with Gasteiger partial charge in [-0.2, -0.15) is 10.2 Å². The summed E-state index contributed by atoms with van der Waals surface area (Å²) in [5.74, 6) is -0.203. The first kappa shape index (κ1) is 14.9. The highest BCUT2D eigenvalue weighted by Crippen LogP contribution is 2.32. The minimum atomic E-state index is -0.746. The molecule has 0 radical (unpaired) electrons. The van der Waals surface area contributed by atoms with E-state index < -0.39 is 21.2 Å². The lowest BCUT2D eigenvalue weighted by molar-refractivity contribution is -0.385. The first-order valence-corrected chi connectivity index (χ1v) is 5.91. The number of hydrogen-bond acceptors (Lipinski definition) is 7. The van der Waals surface area contributed by atoms with Gasteiger partial charge in [0.25, 0.3) is 0 Å². The minimum Gasteiger partial charge on any atom is -0.432 e. The smallest absolute Gasteiger partial charge is 0.311 e. The van der Waals surface area contributed by atoms with E-state index in [0.717, 1.165) is 11.6 Å². The van der Waals surface area contributed by atoms with Crippen LogP contribution in [0.25, 0.3) is 0 Å². The van der Waals surface area contributed by atoms with Crippen molar-refractivity contribution in [3.8, 4) is 17.7 Å². The first-order valence-electron chi connectivity index (χ1n) is 5.91. The molecule has 1 heterocycles. The molecule has 1 aromatic carbocycles. The molecular formula is C13H8N4O5. The van der Waals surface area contributed by atoms with E-state index in [2.05, 4.69) is 4.98 Å². The number of pyridine rings is 1. The Bertz CT molecular complexity index is 813. The third-order valence-corrected chi connectivity index (χ3v) is 2.68. The molecule has 22 heavy (non-hydrogen) atoms. The Morgan fingerprint density at radius 1 is 1.14 bits per heavy atom. The maximum atomic E-state index is 11.0. The molecule has 0 spiro atoms. The molecule has 0 N–H and O–H groups in total. The Hall–Kier alpha value is -3.54. The van der Waals surface area contributed by atoms with Crippen molar-refractivity contribution in [2.24, 2.45) is 0 Å². The van der Waals surface area contributed by atoms with Gasteiger partial charge in [-0.15, -0.1) is 0 Å². The van der Waals surface area contributed by atoms with Crippen molar-refractivity contribution in [3.63, 3.8) is 0 Å². The van der Waals surface area contributed by atoms with Gasteiger partial charge in [-0.3, -0.25) is 20.2 Å². The number of rotatable bonds is 4. The first-order chi connectivity index (χ1) is 10.4. The molecule has 0 unspecified atom stereocenters. The summed E-state index contributed by atoms with van der Waals surface area (Å²) in [4.78, 5) is 24.0. The minimum absolute atomic E-state index is 0.0600. The van der Waals surface area contributed by atoms with Crippen LogP contribution in [-0.4, -0.2) is 14.8 Å². The fraction of sp³-hybridized carbons (Fsp3) is 0.0769. The van der Waals surface area contributed by atoms with E-state index in [4.69, 9.17) is 10.00 Å². The van der Waals surface area contributed by atoms with Gasteiger partial charge in [0, 0.05) is 18.2 Å². The molecule has 110 valence electrons. The topological polar surface area (TPSA) is 132 Å². The van der Waals surface area contributed by atoms with Crippen LogP contribution in [0.4, 0.5) is 11.4 Å². The van der Waals surface area contributed by atoms with Crippen LogP contribution in [0.15, 0.2) is 30.3 Å². The molecule has 2 rings (SSSR count). The standard InChI is InChI=1S/C13H8N4O5/c1-8-2-3-11(17(20)21)12(6-8)22-13-5-4-10(16(18)19)9(7-14)15-13/h2-6H,1H3. The number of nitriles is 1. The maximum absolute atomic E-state index is 11.0. The van der Waals surface area contributed by atoms with Gasteiger partial charge in [0.2, 0.25) is 17.3 Å². The summed E-state index contributed by atoms with van der Waals surface area (Å²) >= 11 is 0. The average Bonchev–Trinajstić information content (AvgIpc) is 2.46. The lowest BCUT2D eigenvalue weighted by Crippen LogP contribution is -1.99. The van der Waals surface area contributed by atoms with Crippen LogP contribution in [0.3, 0.4) is 0 Å². The number of nitro groups is 2. The van der Waals surface area contributed by atoms with Crippen molar-refractivity contribution in [3.05, 3.63) is 61.8 Å². The lowest BCUT2D eigenvalue weighted by Gasteiger charge is -2.06. The summed E-state index contributed by atoms with van der Waals surface area (Å²) in [6.45, 7) is 1.72. The van der Waals surface area contributed by atoms with Crippen molar-refractivity contribution in [1.82, 2.24) is 4.98 Å². The van der Waals surface area contributed by atoms with Gasteiger partial charge < -0.3 is 4.74 Å². The molecule has 9 heteroatoms. The zero-order chi connectivity index (χ0) is 16.3. The molecule has 0 aliphatic rings. The third-order valence-electron chi connectivity index (χ3n) is 2.68. The zero-order valence-electron chi connectivity index (χ0n) is 11.2. The number of aryl methyl sites for hydroxylation is 1. The van der Waals surface area contributed by atoms with Gasteiger partial charge in [-0.1, -0.05) is 6.07 Å². The van der Waals surface area contributed by atoms with Gasteiger partial charge in [0.05, 0.1) is 9.85 Å². The van der Waals surface area contributed by atoms with Crippen LogP contribution in [0.5, 0.6) is 11.6 Å². The summed E-state index contributed by atoms with van der Waals surface area (Å²) in [6.07, 6.45) is 0. The highest BCUT2D eigenvalue weighted by Gasteiger charge is 2.19. The largest absolute Gasteiger partial charge is 0.432 e. The molecule has 0 aliphatic heterocycles. The Morgan fingerprint density at radius 2 is 1.77 bits per heavy atom. The van der Waals surface area contributed by atoms with E-state index >= 15 is 0 Å². The number of nitrogens with zero attached hydrogens (tertiary/aromatic N) is 4. The molecule has 0 bridgehead atoms. The molecule has 2 aromatic rings. The summed E-state index contributed by atoms with van der Waals surface area (Å²) in [6, 6.07) is 8.08. The molecule has 1 aromatic heterocycles. The predicted molar refractivity (Wildman–Crippen MR) is 73.5 cm³/mol. The van der Waals surface area contributed by atoms with Gasteiger partial charge >= 0.3 is 11.4 Å². The predicted octanol–water partition coefficient (Wildman–Crippen LogP) is 2.87. The van der Waals surface area contributed by atoms with Crippen molar-refractivity contribution in [2.75, 3.05) is 0 Å². The average molecular weight is 300 g/mol. The fourth-order valence-electron chi connectivity index (χ4n) is 1.69. The van der Waals surface area contributed by atoms with Crippen molar-refractivity contribution in [2.45, 2.75) is 6.92 Å². The molecule has 0 saturated heterocycles. The van der Waals surface area contributed by atoms with E-state index in [0.29, 0.717) is 0 Å². The Balaban J connectivity index is 2.44. The van der Waals surface area contributed by atoms with E-state index in [1.54, 1.807) is 19.1 Å². The summed E-state index contributed by atoms with van der Waals surface area (Å²) in [7, 11) is 0. The second-order valence-electron chi connectivity index (χ2n) is 4.22. The summed E-state index contributed by atoms with van der Waals surface area (Å²) in [5.41, 5.74) is -0.446. The SMILES string of the molecule is Cc1ccc([N+](=O)[O-])c(Oc2ccc([N+](=O)[O-])c(C#N)n2)c1. The van der Waals surface area contributed by atoms with Crippen LogP contribution in [0.2, 0.25) is 0 Å². The number of hydrogen-bond donors (Lipinski definition) is 0. The van der Waals surface area contributed by atoms with Crippen LogP contribution in [-0.2, 0) is 0 Å². The van der Waals surface area contributed by atoms with E-state index in [-0.39, 0.29) is 17.3 Å². The number of nitro benzene ring substituents is 1. The van der Waals surface area contributed by atoms with Gasteiger partial charge in [0.15, 0.2) is 0 Å². The normalized spacial score (nSPS) is 9.82. The van der Waals surface area contributed by atoms with Crippen LogP contribution < -0.4 is 4.74 Å². The third kappa shape index (κ3) is 2.96. The van der Waals surface area contributed by atoms with Crippen molar-refractivity contribution in [1.29, 1.82) is 5.26 Å². The van der Waals surface area contributed by atoms with Crippen LogP contribution >= 0.6 is 0 Å². The van der Waals surface area contributed by atoms with E-state index in [9.17, 15) is 20.2 Å². The Morgan fingerprint density at radius 3 is 2.36 bits per heavy atom. The van der Waals surface area contributed by atoms with Crippen molar-refractivity contribution >= 4 is 11.4 Å². The zero-order valence-corrected chi connectivity index (χ0v) is 11.2. The number of aromatic nitrogens is 1. The van der Waals surface area contributed by atoms with E-state index in [1.165, 1.54) is 18.2 Å². The molecule has 0 fully saturated rings.